The first-order valence-corrected chi connectivity index (χ1v) is 6.25. The summed E-state index contributed by atoms with van der Waals surface area (Å²) in [5.41, 5.74) is 9.63. The first kappa shape index (κ1) is 11.3. The van der Waals surface area contributed by atoms with Gasteiger partial charge >= 0.3 is 0 Å². The molecule has 0 unspecified atom stereocenters. The Morgan fingerprint density at radius 1 is 1.31 bits per heavy atom. The van der Waals surface area contributed by atoms with E-state index in [1.54, 1.807) is 0 Å². The molecular formula is C14H22N2. The van der Waals surface area contributed by atoms with Crippen molar-refractivity contribution in [1.29, 1.82) is 0 Å². The van der Waals surface area contributed by atoms with Crippen LogP contribution >= 0.6 is 0 Å². The van der Waals surface area contributed by atoms with Gasteiger partial charge in [0.15, 0.2) is 0 Å². The third-order valence-corrected chi connectivity index (χ3v) is 3.93. The number of nitrogens with one attached hydrogen (secondary N) is 1. The Kier molecular flexibility index (Phi) is 3.08. The van der Waals surface area contributed by atoms with E-state index in [-0.39, 0.29) is 0 Å². The number of aryl methyl sites for hydroxylation is 1. The van der Waals surface area contributed by atoms with Gasteiger partial charge < -0.3 is 11.1 Å². The molecule has 0 amide bonds. The maximum absolute atomic E-state index is 5.84. The zero-order valence-corrected chi connectivity index (χ0v) is 10.3. The lowest BCUT2D eigenvalue weighted by Gasteiger charge is -2.41. The number of hydrogen-bond acceptors (Lipinski definition) is 2. The summed E-state index contributed by atoms with van der Waals surface area (Å²) in [5.74, 6) is 0. The normalized spacial score (nSPS) is 17.9. The third-order valence-electron chi connectivity index (χ3n) is 3.93. The predicted molar refractivity (Wildman–Crippen MR) is 70.7 cm³/mol. The van der Waals surface area contributed by atoms with Crippen LogP contribution < -0.4 is 11.1 Å². The average Bonchev–Trinajstić information content (AvgIpc) is 2.15. The minimum absolute atomic E-state index is 0.554. The maximum atomic E-state index is 5.84. The summed E-state index contributed by atoms with van der Waals surface area (Å²) in [4.78, 5) is 0. The number of hydrogen-bond donors (Lipinski definition) is 2. The van der Waals surface area contributed by atoms with Crippen molar-refractivity contribution >= 4 is 11.4 Å². The Balaban J connectivity index is 1.98. The zero-order valence-electron chi connectivity index (χ0n) is 10.3. The zero-order chi connectivity index (χ0) is 11.6. The molecule has 0 aromatic heterocycles. The summed E-state index contributed by atoms with van der Waals surface area (Å²) >= 11 is 0. The van der Waals surface area contributed by atoms with Crippen LogP contribution in [0.5, 0.6) is 0 Å². The summed E-state index contributed by atoms with van der Waals surface area (Å²) < 4.78 is 0. The van der Waals surface area contributed by atoms with E-state index < -0.39 is 0 Å². The second-order valence-corrected chi connectivity index (χ2v) is 5.19. The van der Waals surface area contributed by atoms with Gasteiger partial charge in [-0.05, 0) is 55.4 Å². The maximum Gasteiger partial charge on any atom is 0.0363 e. The summed E-state index contributed by atoms with van der Waals surface area (Å²) in [5, 5.41) is 3.54. The first-order valence-electron chi connectivity index (χ1n) is 6.25. The monoisotopic (exact) mass is 218 g/mol. The summed E-state index contributed by atoms with van der Waals surface area (Å²) in [7, 11) is 0. The SMILES string of the molecule is CCC1(CNc2cc(C)cc(N)c2)CCC1. The van der Waals surface area contributed by atoms with E-state index in [1.807, 2.05) is 12.1 Å². The van der Waals surface area contributed by atoms with Crippen molar-refractivity contribution in [1.82, 2.24) is 0 Å². The Labute approximate surface area is 98.2 Å². The molecule has 2 rings (SSSR count). The number of anilines is 2. The van der Waals surface area contributed by atoms with Gasteiger partial charge in [0, 0.05) is 17.9 Å². The minimum Gasteiger partial charge on any atom is -0.399 e. The highest BCUT2D eigenvalue weighted by Gasteiger charge is 2.34. The quantitative estimate of drug-likeness (QED) is 0.758. The van der Waals surface area contributed by atoms with Crippen LogP contribution in [0.1, 0.15) is 38.2 Å². The molecule has 0 bridgehead atoms. The van der Waals surface area contributed by atoms with Crippen LogP contribution in [0.15, 0.2) is 18.2 Å². The Morgan fingerprint density at radius 2 is 2.06 bits per heavy atom. The molecule has 3 N–H and O–H groups in total. The van der Waals surface area contributed by atoms with Crippen LogP contribution in [-0.4, -0.2) is 6.54 Å². The fourth-order valence-corrected chi connectivity index (χ4v) is 2.54. The molecule has 0 heterocycles. The molecule has 0 radical (unpaired) electrons. The summed E-state index contributed by atoms with van der Waals surface area (Å²) in [6, 6.07) is 6.19. The second-order valence-electron chi connectivity index (χ2n) is 5.19. The van der Waals surface area contributed by atoms with Gasteiger partial charge in [0.05, 0.1) is 0 Å². The number of rotatable bonds is 4. The summed E-state index contributed by atoms with van der Waals surface area (Å²) in [6.45, 7) is 5.47. The van der Waals surface area contributed by atoms with Crippen LogP contribution in [-0.2, 0) is 0 Å². The molecule has 1 aliphatic carbocycles. The van der Waals surface area contributed by atoms with E-state index in [4.69, 9.17) is 5.73 Å². The first-order chi connectivity index (χ1) is 7.63. The lowest BCUT2D eigenvalue weighted by atomic mass is 9.67. The topological polar surface area (TPSA) is 38.0 Å². The molecule has 0 atom stereocenters. The van der Waals surface area contributed by atoms with Gasteiger partial charge in [-0.15, -0.1) is 0 Å². The van der Waals surface area contributed by atoms with Crippen molar-refractivity contribution < 1.29 is 0 Å². The van der Waals surface area contributed by atoms with E-state index in [0.29, 0.717) is 5.41 Å². The lowest BCUT2D eigenvalue weighted by Crippen LogP contribution is -2.35. The molecule has 1 aromatic carbocycles. The fourth-order valence-electron chi connectivity index (χ4n) is 2.54. The van der Waals surface area contributed by atoms with E-state index >= 15 is 0 Å². The molecule has 0 aliphatic heterocycles. The van der Waals surface area contributed by atoms with Gasteiger partial charge in [0.1, 0.15) is 0 Å². The Bertz CT molecular complexity index is 341. The number of nitrogens with two attached hydrogens (primary N) is 1. The minimum atomic E-state index is 0.554. The molecule has 16 heavy (non-hydrogen) atoms. The Hall–Kier alpha value is -1.18. The molecule has 2 heteroatoms. The van der Waals surface area contributed by atoms with Crippen LogP contribution in [0, 0.1) is 12.3 Å². The largest absolute Gasteiger partial charge is 0.399 e. The molecular weight excluding hydrogens is 196 g/mol. The Morgan fingerprint density at radius 3 is 2.56 bits per heavy atom. The van der Waals surface area contributed by atoms with Gasteiger partial charge in [-0.3, -0.25) is 0 Å². The van der Waals surface area contributed by atoms with Crippen LogP contribution in [0.3, 0.4) is 0 Å². The molecule has 0 saturated heterocycles. The van der Waals surface area contributed by atoms with Crippen molar-refractivity contribution in [3.63, 3.8) is 0 Å². The van der Waals surface area contributed by atoms with Crippen LogP contribution in [0.2, 0.25) is 0 Å². The molecule has 1 aliphatic rings. The van der Waals surface area contributed by atoms with Crippen molar-refractivity contribution in [3.05, 3.63) is 23.8 Å². The standard InChI is InChI=1S/C14H22N2/c1-3-14(5-4-6-14)10-16-13-8-11(2)7-12(15)9-13/h7-9,16H,3-6,10,15H2,1-2H3. The number of nitrogen functional groups attached to an aromatic ring is 1. The smallest absolute Gasteiger partial charge is 0.0363 e. The van der Waals surface area contributed by atoms with Crippen molar-refractivity contribution in [2.45, 2.75) is 39.5 Å². The van der Waals surface area contributed by atoms with Gasteiger partial charge in [0.25, 0.3) is 0 Å². The third kappa shape index (κ3) is 2.31. The summed E-state index contributed by atoms with van der Waals surface area (Å²) in [6.07, 6.45) is 5.42. The van der Waals surface area contributed by atoms with Gasteiger partial charge in [0.2, 0.25) is 0 Å². The molecule has 1 saturated carbocycles. The molecule has 88 valence electrons. The van der Waals surface area contributed by atoms with Crippen LogP contribution in [0.4, 0.5) is 11.4 Å². The average molecular weight is 218 g/mol. The van der Waals surface area contributed by atoms with E-state index in [9.17, 15) is 0 Å². The fraction of sp³-hybridized carbons (Fsp3) is 0.571. The van der Waals surface area contributed by atoms with Gasteiger partial charge in [-0.2, -0.15) is 0 Å². The molecule has 2 nitrogen and oxygen atoms in total. The molecule has 0 spiro atoms. The highest BCUT2D eigenvalue weighted by molar-refractivity contribution is 5.56. The van der Waals surface area contributed by atoms with Crippen molar-refractivity contribution in [2.24, 2.45) is 5.41 Å². The predicted octanol–water partition coefficient (Wildman–Crippen LogP) is 3.57. The van der Waals surface area contributed by atoms with E-state index in [2.05, 4.69) is 25.2 Å². The second kappa shape index (κ2) is 4.36. The van der Waals surface area contributed by atoms with Gasteiger partial charge in [-0.1, -0.05) is 13.3 Å². The van der Waals surface area contributed by atoms with E-state index in [0.717, 1.165) is 17.9 Å². The highest BCUT2D eigenvalue weighted by atomic mass is 14.9. The van der Waals surface area contributed by atoms with Crippen molar-refractivity contribution in [3.8, 4) is 0 Å². The number of benzene rings is 1. The van der Waals surface area contributed by atoms with E-state index in [1.165, 1.54) is 31.2 Å². The van der Waals surface area contributed by atoms with Gasteiger partial charge in [-0.25, -0.2) is 0 Å². The van der Waals surface area contributed by atoms with Crippen LogP contribution in [0.25, 0.3) is 0 Å². The lowest BCUT2D eigenvalue weighted by molar-refractivity contribution is 0.145. The highest BCUT2D eigenvalue weighted by Crippen LogP contribution is 2.43. The molecule has 1 aromatic rings. The molecule has 1 fully saturated rings. The van der Waals surface area contributed by atoms with Crippen molar-refractivity contribution in [2.75, 3.05) is 17.6 Å².